The quantitative estimate of drug-likeness (QED) is 0.670. The number of hydrogen-bond donors (Lipinski definition) is 2. The van der Waals surface area contributed by atoms with E-state index in [-0.39, 0.29) is 0 Å². The molecule has 0 atom stereocenters. The lowest BCUT2D eigenvalue weighted by atomic mass is 10.2. The van der Waals surface area contributed by atoms with Crippen LogP contribution in [0.25, 0.3) is 0 Å². The van der Waals surface area contributed by atoms with E-state index in [2.05, 4.69) is 22.5 Å². The van der Waals surface area contributed by atoms with E-state index in [1.807, 2.05) is 32.4 Å². The summed E-state index contributed by atoms with van der Waals surface area (Å²) in [5.41, 5.74) is 8.40. The number of rotatable bonds is 4. The highest BCUT2D eigenvalue weighted by atomic mass is 32.2. The van der Waals surface area contributed by atoms with Crippen molar-refractivity contribution in [2.24, 2.45) is 12.8 Å². The fourth-order valence-corrected chi connectivity index (χ4v) is 2.64. The Labute approximate surface area is 122 Å². The predicted molar refractivity (Wildman–Crippen MR) is 85.3 cm³/mol. The van der Waals surface area contributed by atoms with Gasteiger partial charge in [-0.2, -0.15) is 5.10 Å². The first-order chi connectivity index (χ1) is 9.02. The molecular weight excluding hydrogens is 276 g/mol. The van der Waals surface area contributed by atoms with Gasteiger partial charge in [-0.05, 0) is 31.4 Å². The van der Waals surface area contributed by atoms with E-state index in [9.17, 15) is 0 Å². The van der Waals surface area contributed by atoms with Crippen LogP contribution in [0.15, 0.2) is 29.2 Å². The molecule has 19 heavy (non-hydrogen) atoms. The van der Waals surface area contributed by atoms with Crippen molar-refractivity contribution >= 4 is 40.5 Å². The number of aryl methyl sites for hydroxylation is 2. The maximum atomic E-state index is 5.77. The zero-order valence-corrected chi connectivity index (χ0v) is 12.7. The Hall–Kier alpha value is -1.53. The molecule has 1 aromatic heterocycles. The summed E-state index contributed by atoms with van der Waals surface area (Å²) < 4.78 is 1.76. The van der Waals surface area contributed by atoms with Gasteiger partial charge in [0, 0.05) is 17.6 Å². The molecule has 0 aliphatic heterocycles. The number of hydrogen-bond acceptors (Lipinski definition) is 4. The maximum absolute atomic E-state index is 5.77. The number of thiocarbonyl (C=S) groups is 1. The third-order valence-corrected chi connectivity index (χ3v) is 3.73. The Kier molecular flexibility index (Phi) is 4.11. The molecule has 0 unspecified atom stereocenters. The van der Waals surface area contributed by atoms with E-state index in [0.717, 1.165) is 22.8 Å². The summed E-state index contributed by atoms with van der Waals surface area (Å²) in [6.45, 7) is 1.90. The van der Waals surface area contributed by atoms with Crippen molar-refractivity contribution in [3.05, 3.63) is 35.5 Å². The lowest BCUT2D eigenvalue weighted by Gasteiger charge is -2.10. The zero-order valence-electron chi connectivity index (χ0n) is 11.1. The van der Waals surface area contributed by atoms with Gasteiger partial charge in [-0.1, -0.05) is 18.3 Å². The summed E-state index contributed by atoms with van der Waals surface area (Å²) >= 11 is 6.80. The smallest absolute Gasteiger partial charge is 0.138 e. The van der Waals surface area contributed by atoms with Crippen LogP contribution in [-0.4, -0.2) is 21.0 Å². The second-order valence-electron chi connectivity index (χ2n) is 4.15. The molecule has 0 aliphatic carbocycles. The molecule has 0 radical (unpaired) electrons. The highest BCUT2D eigenvalue weighted by molar-refractivity contribution is 7.98. The Morgan fingerprint density at radius 3 is 2.84 bits per heavy atom. The Bertz CT molecular complexity index is 619. The number of benzene rings is 1. The van der Waals surface area contributed by atoms with Crippen LogP contribution in [0.1, 0.15) is 11.3 Å². The van der Waals surface area contributed by atoms with E-state index >= 15 is 0 Å². The standard InChI is InChI=1S/C13H16N4S2/c1-8-11(12(14)18)13(17(2)16-8)15-9-5-4-6-10(7-9)19-3/h4-7,15H,1-3H3,(H2,14,18). The zero-order chi connectivity index (χ0) is 14.0. The van der Waals surface area contributed by atoms with Crippen LogP contribution in [0.3, 0.4) is 0 Å². The number of anilines is 2. The van der Waals surface area contributed by atoms with Crippen molar-refractivity contribution in [2.45, 2.75) is 11.8 Å². The van der Waals surface area contributed by atoms with Gasteiger partial charge in [-0.15, -0.1) is 11.8 Å². The first-order valence-corrected chi connectivity index (χ1v) is 7.40. The van der Waals surface area contributed by atoms with Crippen LogP contribution in [0.5, 0.6) is 0 Å². The summed E-state index contributed by atoms with van der Waals surface area (Å²) in [6, 6.07) is 8.17. The summed E-state index contributed by atoms with van der Waals surface area (Å²) in [4.78, 5) is 1.55. The summed E-state index contributed by atoms with van der Waals surface area (Å²) in [5, 5.41) is 7.69. The lowest BCUT2D eigenvalue weighted by molar-refractivity contribution is 0.765. The first kappa shape index (κ1) is 13.9. The van der Waals surface area contributed by atoms with Gasteiger partial charge in [0.1, 0.15) is 10.8 Å². The topological polar surface area (TPSA) is 55.9 Å². The van der Waals surface area contributed by atoms with Gasteiger partial charge in [0.05, 0.1) is 11.3 Å². The van der Waals surface area contributed by atoms with Crippen LogP contribution in [-0.2, 0) is 7.05 Å². The minimum Gasteiger partial charge on any atom is -0.389 e. The SMILES string of the molecule is CSc1cccc(Nc2c(C(N)=S)c(C)nn2C)c1. The number of nitrogens with zero attached hydrogens (tertiary/aromatic N) is 2. The molecule has 0 saturated heterocycles. The Morgan fingerprint density at radius 2 is 2.21 bits per heavy atom. The second kappa shape index (κ2) is 5.63. The number of thioether (sulfide) groups is 1. The van der Waals surface area contributed by atoms with Gasteiger partial charge >= 0.3 is 0 Å². The molecule has 0 saturated carbocycles. The molecule has 6 heteroatoms. The van der Waals surface area contributed by atoms with Gasteiger partial charge in [0.25, 0.3) is 0 Å². The van der Waals surface area contributed by atoms with Crippen molar-refractivity contribution in [3.8, 4) is 0 Å². The lowest BCUT2D eigenvalue weighted by Crippen LogP contribution is -2.12. The maximum Gasteiger partial charge on any atom is 0.138 e. The molecule has 3 N–H and O–H groups in total. The van der Waals surface area contributed by atoms with Crippen molar-refractivity contribution in [3.63, 3.8) is 0 Å². The minimum absolute atomic E-state index is 0.356. The van der Waals surface area contributed by atoms with Crippen molar-refractivity contribution < 1.29 is 0 Å². The van der Waals surface area contributed by atoms with Gasteiger partial charge in [0.2, 0.25) is 0 Å². The molecule has 0 bridgehead atoms. The van der Waals surface area contributed by atoms with Crippen molar-refractivity contribution in [1.29, 1.82) is 0 Å². The van der Waals surface area contributed by atoms with E-state index in [0.29, 0.717) is 4.99 Å². The van der Waals surface area contributed by atoms with Gasteiger partial charge in [-0.25, -0.2) is 0 Å². The van der Waals surface area contributed by atoms with E-state index in [4.69, 9.17) is 18.0 Å². The highest BCUT2D eigenvalue weighted by Gasteiger charge is 2.15. The average Bonchev–Trinajstić information content (AvgIpc) is 2.64. The van der Waals surface area contributed by atoms with Crippen molar-refractivity contribution in [1.82, 2.24) is 9.78 Å². The molecule has 0 fully saturated rings. The fraction of sp³-hybridized carbons (Fsp3) is 0.231. The number of nitrogens with two attached hydrogens (primary N) is 1. The Balaban J connectivity index is 2.40. The molecule has 1 aromatic carbocycles. The van der Waals surface area contributed by atoms with Gasteiger partial charge in [-0.3, -0.25) is 4.68 Å². The molecule has 4 nitrogen and oxygen atoms in total. The van der Waals surface area contributed by atoms with Crippen LogP contribution >= 0.6 is 24.0 Å². The van der Waals surface area contributed by atoms with E-state index < -0.39 is 0 Å². The van der Waals surface area contributed by atoms with Crippen LogP contribution < -0.4 is 11.1 Å². The first-order valence-electron chi connectivity index (χ1n) is 5.77. The third-order valence-electron chi connectivity index (χ3n) is 2.80. The number of aromatic nitrogens is 2. The fourth-order valence-electron chi connectivity index (χ4n) is 1.93. The predicted octanol–water partition coefficient (Wildman–Crippen LogP) is 2.83. The molecule has 2 aromatic rings. The molecule has 0 spiro atoms. The summed E-state index contributed by atoms with van der Waals surface area (Å²) in [7, 11) is 1.87. The Morgan fingerprint density at radius 1 is 1.47 bits per heavy atom. The van der Waals surface area contributed by atoms with Gasteiger partial charge in [0.15, 0.2) is 0 Å². The highest BCUT2D eigenvalue weighted by Crippen LogP contribution is 2.25. The normalized spacial score (nSPS) is 10.5. The molecule has 100 valence electrons. The molecular formula is C13H16N4S2. The van der Waals surface area contributed by atoms with Gasteiger partial charge < -0.3 is 11.1 Å². The molecule has 2 rings (SSSR count). The number of nitrogens with one attached hydrogen (secondary N) is 1. The van der Waals surface area contributed by atoms with Crippen molar-refractivity contribution in [2.75, 3.05) is 11.6 Å². The van der Waals surface area contributed by atoms with Crippen LogP contribution in [0.2, 0.25) is 0 Å². The molecule has 1 heterocycles. The summed E-state index contributed by atoms with van der Waals surface area (Å²) in [5.74, 6) is 0.822. The molecule has 0 amide bonds. The van der Waals surface area contributed by atoms with E-state index in [1.54, 1.807) is 16.4 Å². The largest absolute Gasteiger partial charge is 0.389 e. The molecule has 0 aliphatic rings. The third kappa shape index (κ3) is 2.90. The van der Waals surface area contributed by atoms with E-state index in [1.165, 1.54) is 4.90 Å². The van der Waals surface area contributed by atoms with Crippen LogP contribution in [0, 0.1) is 6.92 Å². The monoisotopic (exact) mass is 292 g/mol. The second-order valence-corrected chi connectivity index (χ2v) is 5.47. The minimum atomic E-state index is 0.356. The summed E-state index contributed by atoms with van der Waals surface area (Å²) in [6.07, 6.45) is 2.05. The average molecular weight is 292 g/mol. The van der Waals surface area contributed by atoms with Crippen LogP contribution in [0.4, 0.5) is 11.5 Å².